The molecule has 0 spiro atoms. The fourth-order valence-corrected chi connectivity index (χ4v) is 6.12. The van der Waals surface area contributed by atoms with Crippen LogP contribution in [0, 0.1) is 35.5 Å². The number of rotatable bonds is 0. The number of hydrogen-bond acceptors (Lipinski definition) is 2. The second-order valence-electron chi connectivity index (χ2n) is 8.64. The van der Waals surface area contributed by atoms with Gasteiger partial charge in [0.2, 0.25) is 0 Å². The van der Waals surface area contributed by atoms with Crippen LogP contribution in [-0.4, -0.2) is 17.5 Å². The molecule has 0 radical (unpaired) electrons. The fourth-order valence-electron chi connectivity index (χ4n) is 6.12. The molecule has 0 bridgehead atoms. The standard InChI is InChI=1S/C19H28O2/c1-10-5-6-12-11(2)7-17-18-14(8-13(10)12)16(20)9-15(18)19(3,4)21-17/h10,12-15,17-18H,2,5-9H2,1,3-4H3/t10-,12+,13+,14-,15+,17+,18-/m1/s1. The van der Waals surface area contributed by atoms with Crippen LogP contribution >= 0.6 is 0 Å². The predicted octanol–water partition coefficient (Wildman–Crippen LogP) is 4.00. The van der Waals surface area contributed by atoms with E-state index in [0.717, 1.165) is 25.2 Å². The van der Waals surface area contributed by atoms with E-state index in [1.54, 1.807) is 0 Å². The highest BCUT2D eigenvalue weighted by molar-refractivity contribution is 5.84. The molecule has 0 aromatic rings. The minimum atomic E-state index is -0.134. The van der Waals surface area contributed by atoms with Gasteiger partial charge in [-0.25, -0.2) is 0 Å². The first-order valence-corrected chi connectivity index (χ1v) is 8.76. The summed E-state index contributed by atoms with van der Waals surface area (Å²) in [6, 6.07) is 0. The Kier molecular flexibility index (Phi) is 2.96. The molecule has 2 nitrogen and oxygen atoms in total. The van der Waals surface area contributed by atoms with Gasteiger partial charge in [-0.3, -0.25) is 4.79 Å². The predicted molar refractivity (Wildman–Crippen MR) is 82.8 cm³/mol. The van der Waals surface area contributed by atoms with Crippen LogP contribution < -0.4 is 0 Å². The van der Waals surface area contributed by atoms with E-state index in [-0.39, 0.29) is 17.6 Å². The van der Waals surface area contributed by atoms with E-state index < -0.39 is 0 Å². The summed E-state index contributed by atoms with van der Waals surface area (Å²) in [5.74, 6) is 3.76. The fraction of sp³-hybridized carbons (Fsp3) is 0.842. The van der Waals surface area contributed by atoms with Crippen LogP contribution in [0.15, 0.2) is 12.2 Å². The van der Waals surface area contributed by atoms with E-state index >= 15 is 0 Å². The third-order valence-electron chi connectivity index (χ3n) is 7.24. The Hall–Kier alpha value is -0.630. The minimum Gasteiger partial charge on any atom is -0.371 e. The first-order chi connectivity index (χ1) is 9.88. The van der Waals surface area contributed by atoms with Crippen molar-refractivity contribution in [1.29, 1.82) is 0 Å². The summed E-state index contributed by atoms with van der Waals surface area (Å²) < 4.78 is 6.40. The normalized spacial score (nSPS) is 51.5. The number of Topliss-reactive ketones (excluding diaryl/α,β-unsaturated/α-hetero) is 1. The minimum absolute atomic E-state index is 0.134. The van der Waals surface area contributed by atoms with E-state index in [2.05, 4.69) is 27.4 Å². The van der Waals surface area contributed by atoms with Gasteiger partial charge in [-0.05, 0) is 57.3 Å². The van der Waals surface area contributed by atoms with Gasteiger partial charge >= 0.3 is 0 Å². The summed E-state index contributed by atoms with van der Waals surface area (Å²) in [5.41, 5.74) is 1.27. The highest BCUT2D eigenvalue weighted by Gasteiger charge is 2.60. The third kappa shape index (κ3) is 1.91. The second-order valence-corrected chi connectivity index (χ2v) is 8.64. The molecule has 0 aromatic heterocycles. The van der Waals surface area contributed by atoms with E-state index in [0.29, 0.717) is 29.5 Å². The molecule has 1 heterocycles. The number of carbonyl (C=O) groups excluding carboxylic acids is 1. The van der Waals surface area contributed by atoms with Gasteiger partial charge in [-0.2, -0.15) is 0 Å². The van der Waals surface area contributed by atoms with Crippen molar-refractivity contribution in [2.75, 3.05) is 0 Å². The van der Waals surface area contributed by atoms with Crippen molar-refractivity contribution in [2.45, 2.75) is 64.6 Å². The molecule has 2 heteroatoms. The zero-order valence-electron chi connectivity index (χ0n) is 13.6. The lowest BCUT2D eigenvalue weighted by Crippen LogP contribution is -2.34. The van der Waals surface area contributed by atoms with E-state index in [1.807, 2.05) is 0 Å². The first kappa shape index (κ1) is 14.0. The maximum Gasteiger partial charge on any atom is 0.136 e. The van der Waals surface area contributed by atoms with Crippen LogP contribution in [0.1, 0.15) is 52.9 Å². The van der Waals surface area contributed by atoms with Crippen molar-refractivity contribution < 1.29 is 9.53 Å². The van der Waals surface area contributed by atoms with Gasteiger partial charge in [0.05, 0.1) is 11.7 Å². The zero-order valence-corrected chi connectivity index (χ0v) is 13.6. The summed E-state index contributed by atoms with van der Waals surface area (Å²) in [6.07, 6.45) is 5.65. The Morgan fingerprint density at radius 3 is 2.71 bits per heavy atom. The molecule has 7 atom stereocenters. The molecule has 1 saturated heterocycles. The van der Waals surface area contributed by atoms with Gasteiger partial charge in [0.25, 0.3) is 0 Å². The van der Waals surface area contributed by atoms with Crippen LogP contribution in [0.4, 0.5) is 0 Å². The zero-order chi connectivity index (χ0) is 14.9. The van der Waals surface area contributed by atoms with Gasteiger partial charge in [0.1, 0.15) is 5.78 Å². The molecule has 4 rings (SSSR count). The molecular weight excluding hydrogens is 260 g/mol. The van der Waals surface area contributed by atoms with Crippen molar-refractivity contribution in [2.24, 2.45) is 35.5 Å². The number of ether oxygens (including phenoxy) is 1. The van der Waals surface area contributed by atoms with Crippen molar-refractivity contribution >= 4 is 5.78 Å². The van der Waals surface area contributed by atoms with Gasteiger partial charge < -0.3 is 4.74 Å². The molecule has 0 amide bonds. The van der Waals surface area contributed by atoms with Crippen LogP contribution in [0.2, 0.25) is 0 Å². The number of ketones is 1. The molecule has 0 aromatic carbocycles. The Balaban J connectivity index is 1.72. The molecule has 21 heavy (non-hydrogen) atoms. The Bertz CT molecular complexity index is 492. The number of fused-ring (bicyclic) bond motifs is 1. The lowest BCUT2D eigenvalue weighted by Gasteiger charge is -2.35. The van der Waals surface area contributed by atoms with E-state index in [9.17, 15) is 4.79 Å². The molecule has 1 aliphatic heterocycles. The summed E-state index contributed by atoms with van der Waals surface area (Å²) >= 11 is 0. The average Bonchev–Trinajstić information content (AvgIpc) is 2.97. The highest BCUT2D eigenvalue weighted by atomic mass is 16.5. The molecule has 0 N–H and O–H groups in total. The molecule has 3 aliphatic carbocycles. The van der Waals surface area contributed by atoms with Crippen molar-refractivity contribution in [1.82, 2.24) is 0 Å². The summed E-state index contributed by atoms with van der Waals surface area (Å²) in [6.45, 7) is 11.2. The van der Waals surface area contributed by atoms with Crippen molar-refractivity contribution in [3.05, 3.63) is 12.2 Å². The van der Waals surface area contributed by atoms with Gasteiger partial charge in [-0.1, -0.05) is 19.1 Å². The van der Waals surface area contributed by atoms with Crippen LogP contribution in [0.5, 0.6) is 0 Å². The smallest absolute Gasteiger partial charge is 0.136 e. The number of carbonyl (C=O) groups is 1. The topological polar surface area (TPSA) is 26.3 Å². The van der Waals surface area contributed by atoms with Gasteiger partial charge in [-0.15, -0.1) is 0 Å². The first-order valence-electron chi connectivity index (χ1n) is 8.76. The Morgan fingerprint density at radius 1 is 1.19 bits per heavy atom. The second kappa shape index (κ2) is 4.44. The molecular formula is C19H28O2. The molecule has 116 valence electrons. The van der Waals surface area contributed by atoms with Crippen LogP contribution in [-0.2, 0) is 9.53 Å². The lowest BCUT2D eigenvalue weighted by atomic mass is 9.69. The average molecular weight is 288 g/mol. The van der Waals surface area contributed by atoms with Crippen LogP contribution in [0.25, 0.3) is 0 Å². The SMILES string of the molecule is C=C1C[C@@H]2OC(C)(C)[C@H]3CC(=O)[C@@H](C[C@H]4[C@H](C)CC[C@@H]14)[C@@H]23. The van der Waals surface area contributed by atoms with Gasteiger partial charge in [0, 0.05) is 24.2 Å². The van der Waals surface area contributed by atoms with E-state index in [4.69, 9.17) is 4.74 Å². The summed E-state index contributed by atoms with van der Waals surface area (Å²) in [5, 5.41) is 0. The largest absolute Gasteiger partial charge is 0.371 e. The molecule has 0 unspecified atom stereocenters. The Morgan fingerprint density at radius 2 is 1.95 bits per heavy atom. The lowest BCUT2D eigenvalue weighted by molar-refractivity contribution is -0.125. The van der Waals surface area contributed by atoms with Crippen LogP contribution in [0.3, 0.4) is 0 Å². The van der Waals surface area contributed by atoms with Crippen molar-refractivity contribution in [3.63, 3.8) is 0 Å². The molecule has 4 aliphatic rings. The summed E-state index contributed by atoms with van der Waals surface area (Å²) in [4.78, 5) is 12.6. The molecule has 3 saturated carbocycles. The monoisotopic (exact) mass is 288 g/mol. The maximum absolute atomic E-state index is 12.6. The quantitative estimate of drug-likeness (QED) is 0.630. The third-order valence-corrected chi connectivity index (χ3v) is 7.24. The highest BCUT2D eigenvalue weighted by Crippen LogP contribution is 2.58. The Labute approximate surface area is 128 Å². The molecule has 4 fully saturated rings. The summed E-state index contributed by atoms with van der Waals surface area (Å²) in [7, 11) is 0. The number of hydrogen-bond donors (Lipinski definition) is 0. The van der Waals surface area contributed by atoms with E-state index in [1.165, 1.54) is 18.4 Å². The van der Waals surface area contributed by atoms with Crippen molar-refractivity contribution in [3.8, 4) is 0 Å². The van der Waals surface area contributed by atoms with Gasteiger partial charge in [0.15, 0.2) is 0 Å². The maximum atomic E-state index is 12.6.